The minimum atomic E-state index is -4.96. The van der Waals surface area contributed by atoms with Crippen molar-refractivity contribution >= 4 is 39.5 Å². The maximum absolute atomic E-state index is 13.1. The van der Waals surface area contributed by atoms with Crippen LogP contribution in [0.4, 0.5) is 0 Å². The van der Waals surface area contributed by atoms with E-state index in [0.717, 1.165) is 108 Å². The van der Waals surface area contributed by atoms with Crippen molar-refractivity contribution in [1.29, 1.82) is 0 Å². The zero-order valence-electron chi connectivity index (χ0n) is 61.4. The van der Waals surface area contributed by atoms with Crippen LogP contribution in [0.3, 0.4) is 0 Å². The highest BCUT2D eigenvalue weighted by molar-refractivity contribution is 7.47. The molecule has 0 aromatic heterocycles. The normalized spacial score (nSPS) is 14.1. The lowest BCUT2D eigenvalue weighted by molar-refractivity contribution is -0.161. The van der Waals surface area contributed by atoms with Gasteiger partial charge in [0.1, 0.15) is 19.3 Å². The fourth-order valence-electron chi connectivity index (χ4n) is 11.4. The van der Waals surface area contributed by atoms with Gasteiger partial charge < -0.3 is 33.8 Å². The molecule has 0 saturated heterocycles. The Morgan fingerprint density at radius 3 is 0.723 bits per heavy atom. The van der Waals surface area contributed by atoms with Gasteiger partial charge in [0.15, 0.2) is 12.2 Å². The largest absolute Gasteiger partial charge is 0.472 e. The van der Waals surface area contributed by atoms with E-state index in [4.69, 9.17) is 37.0 Å². The Hall–Kier alpha value is -1.94. The van der Waals surface area contributed by atoms with Gasteiger partial charge in [-0.2, -0.15) is 0 Å². The van der Waals surface area contributed by atoms with E-state index in [9.17, 15) is 43.2 Å². The van der Waals surface area contributed by atoms with Crippen molar-refractivity contribution in [2.24, 2.45) is 17.8 Å². The molecule has 0 fully saturated rings. The number of aliphatic hydroxyl groups is 1. The van der Waals surface area contributed by atoms with Crippen LogP contribution in [0.1, 0.15) is 382 Å². The van der Waals surface area contributed by atoms with Gasteiger partial charge in [-0.15, -0.1) is 0 Å². The minimum absolute atomic E-state index is 0.107. The first-order chi connectivity index (χ1) is 45.2. The van der Waals surface area contributed by atoms with Gasteiger partial charge in [-0.05, 0) is 43.4 Å². The van der Waals surface area contributed by atoms with E-state index >= 15 is 0 Å². The smallest absolute Gasteiger partial charge is 0.462 e. The van der Waals surface area contributed by atoms with Gasteiger partial charge in [-0.1, -0.05) is 331 Å². The standard InChI is InChI=1S/C75H146O17P2/c1-8-9-10-11-12-13-14-22-27-37-44-51-58-74(79)92-71(63-86-73(78)57-50-43-36-31-30-34-41-48-55-68(6)7)65-90-94(83,84)88-61-69(76)60-87-93(81,82)89-64-70(62-85-72(77)56-49-42-35-29-24-26-33-40-47-54-67(4)5)91-75(80)59-52-45-38-28-23-20-18-16-15-17-19-21-25-32-39-46-53-66(2)3/h66-71,76H,8-65H2,1-7H3,(H,81,82)(H,83,84)/t69-,70-,71-/m1/s1. The topological polar surface area (TPSA) is 237 Å². The van der Waals surface area contributed by atoms with E-state index in [1.165, 1.54) is 193 Å². The summed E-state index contributed by atoms with van der Waals surface area (Å²) < 4.78 is 68.5. The fourth-order valence-corrected chi connectivity index (χ4v) is 13.0. The van der Waals surface area contributed by atoms with Crippen LogP contribution in [0.2, 0.25) is 0 Å². The second-order valence-corrected chi connectivity index (χ2v) is 31.4. The average molecular weight is 1380 g/mol. The van der Waals surface area contributed by atoms with Gasteiger partial charge in [-0.25, -0.2) is 9.13 Å². The third-order valence-electron chi connectivity index (χ3n) is 17.4. The monoisotopic (exact) mass is 1380 g/mol. The molecule has 17 nitrogen and oxygen atoms in total. The van der Waals surface area contributed by atoms with Crippen LogP contribution >= 0.6 is 15.6 Å². The molecule has 0 aliphatic rings. The van der Waals surface area contributed by atoms with E-state index in [-0.39, 0.29) is 25.7 Å². The predicted octanol–water partition coefficient (Wildman–Crippen LogP) is 21.8. The SMILES string of the molecule is CCCCCCCCCCCCCCC(=O)O[C@H](COC(=O)CCCCCCCCCCC(C)C)COP(=O)(O)OC[C@H](O)COP(=O)(O)OC[C@@H](COC(=O)CCCCCCCCCCCC(C)C)OC(=O)CCCCCCCCCCCCCCCCCCC(C)C. The number of rotatable bonds is 73. The van der Waals surface area contributed by atoms with Crippen molar-refractivity contribution in [3.05, 3.63) is 0 Å². The van der Waals surface area contributed by atoms with Crippen molar-refractivity contribution in [2.45, 2.75) is 401 Å². The minimum Gasteiger partial charge on any atom is -0.462 e. The summed E-state index contributed by atoms with van der Waals surface area (Å²) in [5.41, 5.74) is 0. The first-order valence-electron chi connectivity index (χ1n) is 38.8. The van der Waals surface area contributed by atoms with Crippen molar-refractivity contribution < 1.29 is 80.2 Å². The number of phosphoric ester groups is 2. The maximum Gasteiger partial charge on any atom is 0.472 e. The summed E-state index contributed by atoms with van der Waals surface area (Å²) in [6.07, 6.45) is 51.3. The second-order valence-electron chi connectivity index (χ2n) is 28.5. The molecule has 0 aliphatic carbocycles. The lowest BCUT2D eigenvalue weighted by atomic mass is 10.0. The number of phosphoric acid groups is 2. The van der Waals surface area contributed by atoms with Crippen LogP contribution in [-0.4, -0.2) is 96.7 Å². The number of esters is 4. The van der Waals surface area contributed by atoms with Crippen LogP contribution in [0, 0.1) is 17.8 Å². The molecule has 0 rings (SSSR count). The number of carbonyl (C=O) groups excluding carboxylic acids is 4. The molecule has 0 radical (unpaired) electrons. The lowest BCUT2D eigenvalue weighted by Gasteiger charge is -2.21. The summed E-state index contributed by atoms with van der Waals surface area (Å²) >= 11 is 0. The van der Waals surface area contributed by atoms with Crippen LogP contribution in [0.5, 0.6) is 0 Å². The molecule has 3 N–H and O–H groups in total. The molecule has 0 aliphatic heterocycles. The van der Waals surface area contributed by atoms with Crippen LogP contribution < -0.4 is 0 Å². The molecule has 0 spiro atoms. The second kappa shape index (κ2) is 65.7. The highest BCUT2D eigenvalue weighted by Crippen LogP contribution is 2.45. The zero-order chi connectivity index (χ0) is 69.4. The van der Waals surface area contributed by atoms with E-state index in [1.54, 1.807) is 0 Å². The Kier molecular flexibility index (Phi) is 64.3. The molecule has 94 heavy (non-hydrogen) atoms. The molecule has 5 atom stereocenters. The summed E-state index contributed by atoms with van der Waals surface area (Å²) in [5.74, 6) is 0.161. The summed E-state index contributed by atoms with van der Waals surface area (Å²) in [7, 11) is -9.91. The average Bonchev–Trinajstić information content (AvgIpc) is 1.45. The van der Waals surface area contributed by atoms with Crippen molar-refractivity contribution in [1.82, 2.24) is 0 Å². The molecule has 0 saturated carbocycles. The molecule has 0 aromatic rings. The van der Waals surface area contributed by atoms with Gasteiger partial charge in [0.25, 0.3) is 0 Å². The first kappa shape index (κ1) is 92.1. The fraction of sp³-hybridized carbons (Fsp3) is 0.947. The van der Waals surface area contributed by atoms with Crippen molar-refractivity contribution in [2.75, 3.05) is 39.6 Å². The molecular formula is C75H146O17P2. The van der Waals surface area contributed by atoms with Crippen LogP contribution in [-0.2, 0) is 65.4 Å². The van der Waals surface area contributed by atoms with Crippen LogP contribution in [0.15, 0.2) is 0 Å². The number of aliphatic hydroxyl groups excluding tert-OH is 1. The molecule has 19 heteroatoms. The van der Waals surface area contributed by atoms with Crippen LogP contribution in [0.25, 0.3) is 0 Å². The van der Waals surface area contributed by atoms with E-state index < -0.39 is 97.5 Å². The molecule has 0 bridgehead atoms. The summed E-state index contributed by atoms with van der Waals surface area (Å²) in [4.78, 5) is 72.7. The van der Waals surface area contributed by atoms with E-state index in [2.05, 4.69) is 48.5 Å². The van der Waals surface area contributed by atoms with Gasteiger partial charge in [0, 0.05) is 25.7 Å². The Labute approximate surface area is 575 Å². The number of unbranched alkanes of at least 4 members (excludes halogenated alkanes) is 41. The highest BCUT2D eigenvalue weighted by Gasteiger charge is 2.30. The number of carbonyl (C=O) groups is 4. The Morgan fingerprint density at radius 2 is 0.489 bits per heavy atom. The quantitative estimate of drug-likeness (QED) is 0.0222. The van der Waals surface area contributed by atoms with Gasteiger partial charge in [-0.3, -0.25) is 37.3 Å². The van der Waals surface area contributed by atoms with Gasteiger partial charge in [0.05, 0.1) is 26.4 Å². The molecule has 0 heterocycles. The van der Waals surface area contributed by atoms with Crippen molar-refractivity contribution in [3.8, 4) is 0 Å². The number of hydrogen-bond donors (Lipinski definition) is 3. The number of ether oxygens (including phenoxy) is 4. The predicted molar refractivity (Wildman–Crippen MR) is 381 cm³/mol. The molecule has 2 unspecified atom stereocenters. The van der Waals surface area contributed by atoms with E-state index in [1.807, 2.05) is 0 Å². The van der Waals surface area contributed by atoms with Gasteiger partial charge in [0.2, 0.25) is 0 Å². The summed E-state index contributed by atoms with van der Waals surface area (Å²) in [5, 5.41) is 10.6. The van der Waals surface area contributed by atoms with Gasteiger partial charge >= 0.3 is 39.5 Å². The Balaban J connectivity index is 5.23. The molecule has 0 amide bonds. The molecular weight excluding hydrogens is 1230 g/mol. The Morgan fingerprint density at radius 1 is 0.287 bits per heavy atom. The maximum atomic E-state index is 13.1. The molecule has 558 valence electrons. The van der Waals surface area contributed by atoms with E-state index in [0.29, 0.717) is 25.7 Å². The van der Waals surface area contributed by atoms with Crippen molar-refractivity contribution in [3.63, 3.8) is 0 Å². The zero-order valence-corrected chi connectivity index (χ0v) is 63.2. The third kappa shape index (κ3) is 68.6. The molecule has 0 aromatic carbocycles. The highest BCUT2D eigenvalue weighted by atomic mass is 31.2. The summed E-state index contributed by atoms with van der Waals surface area (Å²) in [6, 6.07) is 0. The number of hydrogen-bond acceptors (Lipinski definition) is 15. The lowest BCUT2D eigenvalue weighted by Crippen LogP contribution is -2.30. The summed E-state index contributed by atoms with van der Waals surface area (Å²) in [6.45, 7) is 11.9. The first-order valence-corrected chi connectivity index (χ1v) is 41.8. The third-order valence-corrected chi connectivity index (χ3v) is 19.3. The Bertz CT molecular complexity index is 1840.